The second-order valence-corrected chi connectivity index (χ2v) is 4.03. The molecule has 0 saturated carbocycles. The highest BCUT2D eigenvalue weighted by Gasteiger charge is 1.88. The summed E-state index contributed by atoms with van der Waals surface area (Å²) < 4.78 is 0.831. The van der Waals surface area contributed by atoms with Gasteiger partial charge in [-0.05, 0) is 39.8 Å². The van der Waals surface area contributed by atoms with Gasteiger partial charge in [0.1, 0.15) is 0 Å². The molecule has 0 spiro atoms. The van der Waals surface area contributed by atoms with E-state index in [1.54, 1.807) is 6.21 Å². The van der Waals surface area contributed by atoms with E-state index in [2.05, 4.69) is 38.7 Å². The summed E-state index contributed by atoms with van der Waals surface area (Å²) in [5, 5.41) is 3.96. The molecule has 0 aromatic heterocycles. The minimum atomic E-state index is 0.145. The number of thiocarbonyl (C=S) groups is 1. The first kappa shape index (κ1) is 11.9. The van der Waals surface area contributed by atoms with E-state index in [9.17, 15) is 0 Å². The average molecular weight is 284 g/mol. The molecule has 0 bridgehead atoms. The first-order valence-electron chi connectivity index (χ1n) is 4.19. The average Bonchev–Trinajstić information content (AvgIpc) is 2.18. The molecule has 3 nitrogen and oxygen atoms in total. The summed E-state index contributed by atoms with van der Waals surface area (Å²) in [6.07, 6.45) is 3.52. The van der Waals surface area contributed by atoms with E-state index < -0.39 is 0 Å². The van der Waals surface area contributed by atoms with Crippen LogP contribution in [0.4, 0.5) is 0 Å². The Kier molecular flexibility index (Phi) is 5.00. The highest BCUT2D eigenvalue weighted by atomic mass is 79.9. The molecule has 3 N–H and O–H groups in total. The molecule has 0 unspecified atom stereocenters. The number of nitrogens with zero attached hydrogens (tertiary/aromatic N) is 1. The zero-order valence-corrected chi connectivity index (χ0v) is 10.3. The molecule has 0 heterocycles. The number of hydrazone groups is 1. The highest BCUT2D eigenvalue weighted by molar-refractivity contribution is 9.12. The van der Waals surface area contributed by atoms with Crippen molar-refractivity contribution in [3.05, 3.63) is 40.4 Å². The quantitative estimate of drug-likeness (QED) is 0.508. The Labute approximate surface area is 102 Å². The predicted octanol–water partition coefficient (Wildman–Crippen LogP) is 2.24. The van der Waals surface area contributed by atoms with Crippen molar-refractivity contribution in [3.8, 4) is 0 Å². The lowest BCUT2D eigenvalue weighted by atomic mass is 10.2. The van der Waals surface area contributed by atoms with Gasteiger partial charge in [0.05, 0.1) is 6.21 Å². The maximum absolute atomic E-state index is 5.20. The number of hydrogen-bond donors (Lipinski definition) is 2. The van der Waals surface area contributed by atoms with Crippen molar-refractivity contribution in [2.75, 3.05) is 0 Å². The number of nitrogens with two attached hydrogens (primary N) is 1. The van der Waals surface area contributed by atoms with Crippen LogP contribution in [0.15, 0.2) is 39.9 Å². The van der Waals surface area contributed by atoms with Crippen LogP contribution in [0, 0.1) is 0 Å². The Morgan fingerprint density at radius 3 is 2.67 bits per heavy atom. The Morgan fingerprint density at radius 1 is 1.40 bits per heavy atom. The first-order valence-corrected chi connectivity index (χ1v) is 5.39. The van der Waals surface area contributed by atoms with Gasteiger partial charge in [-0.1, -0.05) is 30.3 Å². The summed E-state index contributed by atoms with van der Waals surface area (Å²) in [7, 11) is 0. The molecule has 15 heavy (non-hydrogen) atoms. The number of halogens is 1. The molecule has 0 saturated heterocycles. The van der Waals surface area contributed by atoms with Gasteiger partial charge >= 0.3 is 0 Å². The van der Waals surface area contributed by atoms with Gasteiger partial charge in [0.2, 0.25) is 0 Å². The molecule has 0 radical (unpaired) electrons. The lowest BCUT2D eigenvalue weighted by Gasteiger charge is -1.94. The summed E-state index contributed by atoms with van der Waals surface area (Å²) in [6.45, 7) is 0. The smallest absolute Gasteiger partial charge is 0.184 e. The van der Waals surface area contributed by atoms with Crippen molar-refractivity contribution in [3.63, 3.8) is 0 Å². The van der Waals surface area contributed by atoms with Crippen LogP contribution in [0.3, 0.4) is 0 Å². The minimum absolute atomic E-state index is 0.145. The molecule has 0 amide bonds. The molecular formula is C10H10BrN3S. The predicted molar refractivity (Wildman–Crippen MR) is 71.8 cm³/mol. The van der Waals surface area contributed by atoms with Crippen LogP contribution < -0.4 is 11.2 Å². The summed E-state index contributed by atoms with van der Waals surface area (Å²) >= 11 is 7.95. The third kappa shape index (κ3) is 5.29. The highest BCUT2D eigenvalue weighted by Crippen LogP contribution is 2.09. The van der Waals surface area contributed by atoms with Gasteiger partial charge in [-0.2, -0.15) is 5.10 Å². The zero-order valence-electron chi connectivity index (χ0n) is 7.85. The normalized spacial score (nSPS) is 11.7. The van der Waals surface area contributed by atoms with E-state index in [0.29, 0.717) is 0 Å². The fourth-order valence-electron chi connectivity index (χ4n) is 0.903. The SMILES string of the molecule is NC(=S)NN=C/C(Br)=C\c1ccccc1. The fourth-order valence-corrected chi connectivity index (χ4v) is 1.32. The summed E-state index contributed by atoms with van der Waals surface area (Å²) in [6, 6.07) is 9.90. The van der Waals surface area contributed by atoms with Crippen molar-refractivity contribution in [1.82, 2.24) is 5.43 Å². The van der Waals surface area contributed by atoms with Crippen molar-refractivity contribution in [2.45, 2.75) is 0 Å². The van der Waals surface area contributed by atoms with Gasteiger partial charge in [0.25, 0.3) is 0 Å². The van der Waals surface area contributed by atoms with Crippen molar-refractivity contribution >= 4 is 45.6 Å². The van der Waals surface area contributed by atoms with E-state index >= 15 is 0 Å². The monoisotopic (exact) mass is 283 g/mol. The number of rotatable bonds is 3. The molecule has 0 aliphatic heterocycles. The topological polar surface area (TPSA) is 50.4 Å². The van der Waals surface area contributed by atoms with E-state index in [-0.39, 0.29) is 5.11 Å². The van der Waals surface area contributed by atoms with E-state index in [1.807, 2.05) is 36.4 Å². The van der Waals surface area contributed by atoms with Crippen LogP contribution in [-0.4, -0.2) is 11.3 Å². The third-order valence-electron chi connectivity index (χ3n) is 1.47. The molecule has 1 aromatic rings. The molecule has 1 aromatic carbocycles. The zero-order chi connectivity index (χ0) is 11.1. The fraction of sp³-hybridized carbons (Fsp3) is 0. The number of nitrogens with one attached hydrogen (secondary N) is 1. The molecule has 0 atom stereocenters. The molecule has 5 heteroatoms. The minimum Gasteiger partial charge on any atom is -0.375 e. The number of hydrogen-bond acceptors (Lipinski definition) is 2. The first-order chi connectivity index (χ1) is 7.18. The van der Waals surface area contributed by atoms with Crippen LogP contribution in [0.2, 0.25) is 0 Å². The molecule has 78 valence electrons. The Morgan fingerprint density at radius 2 is 2.07 bits per heavy atom. The lowest BCUT2D eigenvalue weighted by molar-refractivity contribution is 1.04. The standard InChI is InChI=1S/C10H10BrN3S/c11-9(7-13-14-10(12)15)6-8-4-2-1-3-5-8/h1-7H,(H3,12,14,15)/b9-6+,13-7?. The summed E-state index contributed by atoms with van der Waals surface area (Å²) in [5.41, 5.74) is 8.76. The molecule has 0 aliphatic carbocycles. The second kappa shape index (κ2) is 6.31. The number of allylic oxidation sites excluding steroid dienone is 1. The third-order valence-corrected chi connectivity index (χ3v) is 1.99. The van der Waals surface area contributed by atoms with Gasteiger partial charge in [-0.3, -0.25) is 5.43 Å². The van der Waals surface area contributed by atoms with E-state index in [0.717, 1.165) is 10.0 Å². The van der Waals surface area contributed by atoms with Gasteiger partial charge in [0.15, 0.2) is 5.11 Å². The summed E-state index contributed by atoms with van der Waals surface area (Å²) in [5.74, 6) is 0. The van der Waals surface area contributed by atoms with E-state index in [1.165, 1.54) is 0 Å². The van der Waals surface area contributed by atoms with Crippen LogP contribution in [0.1, 0.15) is 5.56 Å². The van der Waals surface area contributed by atoms with Gasteiger partial charge < -0.3 is 5.73 Å². The van der Waals surface area contributed by atoms with Gasteiger partial charge in [-0.15, -0.1) is 0 Å². The van der Waals surface area contributed by atoms with Crippen LogP contribution >= 0.6 is 28.1 Å². The van der Waals surface area contributed by atoms with Crippen LogP contribution in [-0.2, 0) is 0 Å². The molecule has 1 rings (SSSR count). The largest absolute Gasteiger partial charge is 0.375 e. The Hall–Kier alpha value is -1.20. The maximum atomic E-state index is 5.20. The molecule has 0 aliphatic rings. The van der Waals surface area contributed by atoms with E-state index in [4.69, 9.17) is 5.73 Å². The second-order valence-electron chi connectivity index (χ2n) is 2.67. The van der Waals surface area contributed by atoms with Crippen LogP contribution in [0.5, 0.6) is 0 Å². The Bertz CT molecular complexity index is 387. The maximum Gasteiger partial charge on any atom is 0.184 e. The van der Waals surface area contributed by atoms with Gasteiger partial charge in [0, 0.05) is 4.48 Å². The molecular weight excluding hydrogens is 274 g/mol. The van der Waals surface area contributed by atoms with Crippen LogP contribution in [0.25, 0.3) is 6.08 Å². The lowest BCUT2D eigenvalue weighted by Crippen LogP contribution is -2.23. The van der Waals surface area contributed by atoms with Crippen molar-refractivity contribution in [1.29, 1.82) is 0 Å². The summed E-state index contributed by atoms with van der Waals surface area (Å²) in [4.78, 5) is 0. The van der Waals surface area contributed by atoms with Gasteiger partial charge in [-0.25, -0.2) is 0 Å². The Balaban J connectivity index is 2.61. The van der Waals surface area contributed by atoms with Crippen molar-refractivity contribution in [2.24, 2.45) is 10.8 Å². The number of benzene rings is 1. The molecule has 0 fully saturated rings. The van der Waals surface area contributed by atoms with Crippen molar-refractivity contribution < 1.29 is 0 Å².